The molecule has 3 aromatic carbocycles. The number of nitrogens with zero attached hydrogens (tertiary/aromatic N) is 1. The van der Waals surface area contributed by atoms with Crippen molar-refractivity contribution in [3.05, 3.63) is 76.8 Å². The molecular formula is C30H33ClF2N2O4. The molecule has 0 radical (unpaired) electrons. The highest BCUT2D eigenvalue weighted by Gasteiger charge is 2.40. The van der Waals surface area contributed by atoms with Crippen LogP contribution in [0.15, 0.2) is 60.7 Å². The summed E-state index contributed by atoms with van der Waals surface area (Å²) in [6, 6.07) is 17.2. The van der Waals surface area contributed by atoms with Gasteiger partial charge in [0.2, 0.25) is 0 Å². The zero-order valence-corrected chi connectivity index (χ0v) is 22.4. The molecule has 2 fully saturated rings. The van der Waals surface area contributed by atoms with E-state index in [1.807, 2.05) is 42.5 Å². The number of carbonyl (C=O) groups is 1. The van der Waals surface area contributed by atoms with Gasteiger partial charge in [-0.25, -0.2) is 0 Å². The summed E-state index contributed by atoms with van der Waals surface area (Å²) >= 11 is 6.39. The Labute approximate surface area is 231 Å². The average Bonchev–Trinajstić information content (AvgIpc) is 3.42. The highest BCUT2D eigenvalue weighted by atomic mass is 35.5. The second-order valence-corrected chi connectivity index (χ2v) is 10.8. The van der Waals surface area contributed by atoms with Crippen LogP contribution in [0, 0.1) is 0 Å². The molecule has 0 aromatic heterocycles. The first-order valence-electron chi connectivity index (χ1n) is 13.4. The summed E-state index contributed by atoms with van der Waals surface area (Å²) in [4.78, 5) is 14.9. The van der Waals surface area contributed by atoms with Crippen LogP contribution in [0.4, 0.5) is 8.78 Å². The van der Waals surface area contributed by atoms with Gasteiger partial charge in [0, 0.05) is 13.0 Å². The predicted molar refractivity (Wildman–Crippen MR) is 146 cm³/mol. The molecule has 3 aromatic rings. The van der Waals surface area contributed by atoms with Crippen LogP contribution in [0.25, 0.3) is 10.8 Å². The molecule has 2 aliphatic heterocycles. The molecule has 2 aliphatic rings. The van der Waals surface area contributed by atoms with Crippen molar-refractivity contribution in [3.63, 3.8) is 0 Å². The van der Waals surface area contributed by atoms with E-state index in [9.17, 15) is 9.90 Å². The third kappa shape index (κ3) is 6.87. The van der Waals surface area contributed by atoms with Gasteiger partial charge >= 0.3 is 5.92 Å². The predicted octanol–water partition coefficient (Wildman–Crippen LogP) is 5.15. The molecule has 2 saturated heterocycles. The van der Waals surface area contributed by atoms with Gasteiger partial charge in [-0.15, -0.1) is 0 Å². The molecule has 39 heavy (non-hydrogen) atoms. The van der Waals surface area contributed by atoms with Gasteiger partial charge in [-0.1, -0.05) is 60.1 Å². The number of fused-ring (bicyclic) bond motifs is 1. The Hall–Kier alpha value is -2.78. The van der Waals surface area contributed by atoms with E-state index in [4.69, 9.17) is 21.1 Å². The average molecular weight is 559 g/mol. The van der Waals surface area contributed by atoms with Crippen LogP contribution in [0.3, 0.4) is 0 Å². The molecule has 0 aliphatic carbocycles. The molecule has 0 spiro atoms. The number of alkyl halides is 2. The summed E-state index contributed by atoms with van der Waals surface area (Å²) in [6.45, 7) is 2.80. The summed E-state index contributed by atoms with van der Waals surface area (Å²) < 4.78 is 41.0. The van der Waals surface area contributed by atoms with Crippen LogP contribution in [-0.2, 0) is 16.0 Å². The van der Waals surface area contributed by atoms with E-state index in [-0.39, 0.29) is 19.1 Å². The number of likely N-dealkylation sites (tertiary alicyclic amines) is 1. The lowest BCUT2D eigenvalue weighted by atomic mass is 9.99. The quantitative estimate of drug-likeness (QED) is 0.340. The zero-order chi connectivity index (χ0) is 27.4. The van der Waals surface area contributed by atoms with Crippen molar-refractivity contribution in [1.82, 2.24) is 10.2 Å². The number of amides is 1. The Morgan fingerprint density at radius 2 is 1.85 bits per heavy atom. The van der Waals surface area contributed by atoms with E-state index in [0.717, 1.165) is 42.3 Å². The number of halogens is 3. The minimum atomic E-state index is -3.60. The molecule has 208 valence electrons. The van der Waals surface area contributed by atoms with E-state index in [1.54, 1.807) is 18.2 Å². The number of aliphatic hydroxyl groups excluding tert-OH is 1. The molecule has 0 bridgehead atoms. The van der Waals surface area contributed by atoms with Crippen molar-refractivity contribution in [3.8, 4) is 5.75 Å². The van der Waals surface area contributed by atoms with Gasteiger partial charge in [-0.2, -0.15) is 8.78 Å². The van der Waals surface area contributed by atoms with Crippen LogP contribution >= 0.6 is 11.6 Å². The summed E-state index contributed by atoms with van der Waals surface area (Å²) in [5, 5.41) is 16.0. The summed E-state index contributed by atoms with van der Waals surface area (Å²) in [5.74, 6) is -4.53. The molecule has 0 unspecified atom stereocenters. The highest BCUT2D eigenvalue weighted by Crippen LogP contribution is 2.32. The summed E-state index contributed by atoms with van der Waals surface area (Å²) in [7, 11) is 0. The fourth-order valence-electron chi connectivity index (χ4n) is 5.04. The number of nitrogens with one attached hydrogen (secondary N) is 1. The second kappa shape index (κ2) is 12.2. The smallest absolute Gasteiger partial charge is 0.324 e. The van der Waals surface area contributed by atoms with Gasteiger partial charge in [0.05, 0.1) is 24.3 Å². The van der Waals surface area contributed by atoms with E-state index in [1.165, 1.54) is 0 Å². The first-order chi connectivity index (χ1) is 18.8. The fourth-order valence-corrected chi connectivity index (χ4v) is 5.28. The van der Waals surface area contributed by atoms with Gasteiger partial charge < -0.3 is 24.8 Å². The van der Waals surface area contributed by atoms with Crippen LogP contribution in [-0.4, -0.2) is 66.8 Å². The molecule has 2 atom stereocenters. The Balaban J connectivity index is 1.26. The number of aryl methyl sites for hydroxylation is 1. The molecule has 1 amide bonds. The van der Waals surface area contributed by atoms with Gasteiger partial charge in [0.25, 0.3) is 5.91 Å². The number of aliphatic hydroxyl groups is 1. The Kier molecular flexibility index (Phi) is 8.67. The first-order valence-corrected chi connectivity index (χ1v) is 13.8. The molecule has 2 heterocycles. The maximum absolute atomic E-state index is 15.1. The second-order valence-electron chi connectivity index (χ2n) is 10.4. The Morgan fingerprint density at radius 3 is 2.54 bits per heavy atom. The molecule has 9 heteroatoms. The largest absolute Gasteiger partial charge is 0.484 e. The summed E-state index contributed by atoms with van der Waals surface area (Å²) in [5.41, 5.74) is 1.15. The lowest BCUT2D eigenvalue weighted by Crippen LogP contribution is -2.51. The van der Waals surface area contributed by atoms with E-state index >= 15 is 8.78 Å². The SMILES string of the molecule is O=C(N[C@H](CN1CCCC1)[C@H](O)c1ccc(OC2COC2)c(Cl)c1)C(F)(F)CCc1ccc2ccccc2c1. The number of ether oxygens (including phenoxy) is 2. The van der Waals surface area contributed by atoms with E-state index in [0.29, 0.717) is 29.5 Å². The van der Waals surface area contributed by atoms with E-state index < -0.39 is 30.4 Å². The van der Waals surface area contributed by atoms with Gasteiger partial charge in [0.1, 0.15) is 18.0 Å². The van der Waals surface area contributed by atoms with Gasteiger partial charge in [0.15, 0.2) is 0 Å². The molecule has 0 saturated carbocycles. The zero-order valence-electron chi connectivity index (χ0n) is 21.6. The summed E-state index contributed by atoms with van der Waals surface area (Å²) in [6.07, 6.45) is 0.0879. The number of benzene rings is 3. The van der Waals surface area contributed by atoms with Crippen molar-refractivity contribution in [1.29, 1.82) is 0 Å². The van der Waals surface area contributed by atoms with Crippen LogP contribution in [0.2, 0.25) is 5.02 Å². The van der Waals surface area contributed by atoms with Crippen LogP contribution in [0.1, 0.15) is 36.5 Å². The Morgan fingerprint density at radius 1 is 1.10 bits per heavy atom. The number of rotatable bonds is 11. The van der Waals surface area contributed by atoms with Crippen molar-refractivity contribution in [2.75, 3.05) is 32.8 Å². The van der Waals surface area contributed by atoms with Crippen molar-refractivity contribution in [2.45, 2.75) is 49.9 Å². The van der Waals surface area contributed by atoms with Gasteiger partial charge in [-0.3, -0.25) is 4.79 Å². The van der Waals surface area contributed by atoms with E-state index in [2.05, 4.69) is 10.2 Å². The minimum absolute atomic E-state index is 0.0493. The molecule has 5 rings (SSSR count). The standard InChI is InChI=1S/C30H33ClF2N2O4/c31-25-16-23(9-10-27(25)39-24-18-38-19-24)28(36)26(17-35-13-3-4-14-35)34-29(37)30(32,33)12-11-20-7-8-21-5-1-2-6-22(21)15-20/h1-2,5-10,15-16,24,26,28,36H,3-4,11-14,17-19H2,(H,34,37)/t26-,28-/m1/s1. The number of hydrogen-bond acceptors (Lipinski definition) is 5. The third-order valence-corrected chi connectivity index (χ3v) is 7.72. The van der Waals surface area contributed by atoms with Crippen molar-refractivity contribution < 1.29 is 28.2 Å². The lowest BCUT2D eigenvalue weighted by molar-refractivity contribution is -0.148. The molecule has 6 nitrogen and oxygen atoms in total. The van der Waals surface area contributed by atoms with Crippen LogP contribution in [0.5, 0.6) is 5.75 Å². The minimum Gasteiger partial charge on any atom is -0.484 e. The van der Waals surface area contributed by atoms with Crippen molar-refractivity contribution in [2.24, 2.45) is 0 Å². The van der Waals surface area contributed by atoms with Crippen molar-refractivity contribution >= 4 is 28.3 Å². The maximum Gasteiger partial charge on any atom is 0.324 e. The Bertz CT molecular complexity index is 1300. The normalized spacial score (nSPS) is 18.1. The number of hydrogen-bond donors (Lipinski definition) is 2. The van der Waals surface area contributed by atoms with Crippen LogP contribution < -0.4 is 10.1 Å². The third-order valence-electron chi connectivity index (χ3n) is 7.42. The molecular weight excluding hydrogens is 526 g/mol. The highest BCUT2D eigenvalue weighted by molar-refractivity contribution is 6.32. The fraction of sp³-hybridized carbons (Fsp3) is 0.433. The lowest BCUT2D eigenvalue weighted by Gasteiger charge is -2.30. The number of carbonyl (C=O) groups excluding carboxylic acids is 1. The molecule has 2 N–H and O–H groups in total. The first kappa shape index (κ1) is 27.8. The van der Waals surface area contributed by atoms with Gasteiger partial charge in [-0.05, 0) is 66.4 Å². The topological polar surface area (TPSA) is 71.0 Å². The monoisotopic (exact) mass is 558 g/mol. The maximum atomic E-state index is 15.1.